The van der Waals surface area contributed by atoms with Crippen LogP contribution in [0.2, 0.25) is 0 Å². The van der Waals surface area contributed by atoms with Crippen molar-refractivity contribution in [3.8, 4) is 11.5 Å². The summed E-state index contributed by atoms with van der Waals surface area (Å²) in [4.78, 5) is 16.2. The third kappa shape index (κ3) is 4.96. The zero-order valence-corrected chi connectivity index (χ0v) is 14.6. The van der Waals surface area contributed by atoms with Gasteiger partial charge >= 0.3 is 5.97 Å². The van der Waals surface area contributed by atoms with E-state index in [1.807, 2.05) is 48.5 Å². The van der Waals surface area contributed by atoms with Crippen LogP contribution in [0.5, 0.6) is 11.5 Å². The Balaban J connectivity index is 2.14. The number of nitrogens with zero attached hydrogens (tertiary/aromatic N) is 1. The van der Waals surface area contributed by atoms with Crippen LogP contribution < -0.4 is 9.47 Å². The highest BCUT2D eigenvalue weighted by Gasteiger charge is 2.11. The summed E-state index contributed by atoms with van der Waals surface area (Å²) in [6, 6.07) is 15.0. The fraction of sp³-hybridized carbons (Fsp3) is 0.250. The minimum atomic E-state index is -0.457. The van der Waals surface area contributed by atoms with Gasteiger partial charge in [-0.2, -0.15) is 0 Å². The third-order valence-corrected chi connectivity index (χ3v) is 3.60. The number of carbonyl (C=O) groups is 1. The fourth-order valence-corrected chi connectivity index (χ4v) is 2.29. The number of benzene rings is 2. The standard InChI is InChI=1S/C20H21NO4/c1-23-18-10-9-15(13-19(18)24-2)11-12-21-14-17(20(22)25-3)16-7-5-4-6-8-16/h4-10,13H,11-12H2,1-3H3. The Hall–Kier alpha value is -3.04. The molecule has 130 valence electrons. The monoisotopic (exact) mass is 339 g/mol. The summed E-state index contributed by atoms with van der Waals surface area (Å²) in [5.74, 6) is 3.73. The predicted octanol–water partition coefficient (Wildman–Crippen LogP) is 3.17. The average Bonchev–Trinajstić information content (AvgIpc) is 2.67. The van der Waals surface area contributed by atoms with E-state index in [-0.39, 0.29) is 0 Å². The van der Waals surface area contributed by atoms with Crippen molar-refractivity contribution in [2.75, 3.05) is 27.9 Å². The minimum absolute atomic E-state index is 0.315. The van der Waals surface area contributed by atoms with E-state index < -0.39 is 5.97 Å². The van der Waals surface area contributed by atoms with E-state index in [2.05, 4.69) is 10.9 Å². The van der Waals surface area contributed by atoms with Gasteiger partial charge in [0.2, 0.25) is 0 Å². The Labute approximate surface area is 147 Å². The normalized spacial score (nSPS) is 9.72. The Morgan fingerprint density at radius 1 is 1.00 bits per heavy atom. The molecule has 0 unspecified atom stereocenters. The number of carbonyl (C=O) groups excluding carboxylic acids is 1. The minimum Gasteiger partial charge on any atom is -0.493 e. The first-order valence-electron chi connectivity index (χ1n) is 7.83. The number of methoxy groups -OCH3 is 3. The maximum atomic E-state index is 11.9. The molecular formula is C20H21NO4. The van der Waals surface area contributed by atoms with Crippen LogP contribution in [0.3, 0.4) is 0 Å². The van der Waals surface area contributed by atoms with Gasteiger partial charge in [0.1, 0.15) is 5.57 Å². The van der Waals surface area contributed by atoms with E-state index in [1.165, 1.54) is 7.11 Å². The fourth-order valence-electron chi connectivity index (χ4n) is 2.29. The Bertz CT molecular complexity index is 778. The van der Waals surface area contributed by atoms with Crippen LogP contribution in [-0.2, 0) is 16.0 Å². The van der Waals surface area contributed by atoms with Gasteiger partial charge in [0.15, 0.2) is 11.5 Å². The van der Waals surface area contributed by atoms with Gasteiger partial charge in [-0.3, -0.25) is 0 Å². The van der Waals surface area contributed by atoms with Crippen molar-refractivity contribution in [2.45, 2.75) is 6.42 Å². The molecule has 0 saturated heterocycles. The van der Waals surface area contributed by atoms with Crippen LogP contribution in [0.25, 0.3) is 5.57 Å². The molecular weight excluding hydrogens is 318 g/mol. The van der Waals surface area contributed by atoms with Crippen LogP contribution in [0, 0.1) is 0 Å². The number of aliphatic imine (C=N–C) groups is 1. The third-order valence-electron chi connectivity index (χ3n) is 3.60. The molecule has 25 heavy (non-hydrogen) atoms. The van der Waals surface area contributed by atoms with Gasteiger partial charge in [0.25, 0.3) is 0 Å². The predicted molar refractivity (Wildman–Crippen MR) is 97.4 cm³/mol. The first kappa shape index (κ1) is 18.3. The van der Waals surface area contributed by atoms with E-state index >= 15 is 0 Å². The lowest BCUT2D eigenvalue weighted by Gasteiger charge is -2.08. The molecule has 5 heteroatoms. The number of rotatable bonds is 7. The van der Waals surface area contributed by atoms with Crippen molar-refractivity contribution in [2.24, 2.45) is 4.99 Å². The molecule has 5 nitrogen and oxygen atoms in total. The summed E-state index contributed by atoms with van der Waals surface area (Å²) in [5.41, 5.74) is 2.10. The molecule has 0 atom stereocenters. The number of hydrogen-bond acceptors (Lipinski definition) is 5. The van der Waals surface area contributed by atoms with Gasteiger partial charge in [-0.05, 0) is 35.6 Å². The van der Waals surface area contributed by atoms with Gasteiger partial charge in [-0.25, -0.2) is 9.79 Å². The molecule has 2 aromatic carbocycles. The Kier molecular flexibility index (Phi) is 6.81. The highest BCUT2D eigenvalue weighted by molar-refractivity contribution is 6.25. The average molecular weight is 339 g/mol. The lowest BCUT2D eigenvalue weighted by atomic mass is 10.1. The van der Waals surface area contributed by atoms with Crippen molar-refractivity contribution in [1.82, 2.24) is 0 Å². The summed E-state index contributed by atoms with van der Waals surface area (Å²) in [6.07, 6.45) is 0.691. The summed E-state index contributed by atoms with van der Waals surface area (Å²) in [5, 5.41) is 0. The van der Waals surface area contributed by atoms with Gasteiger partial charge in [-0.1, -0.05) is 36.4 Å². The van der Waals surface area contributed by atoms with Crippen molar-refractivity contribution in [3.05, 3.63) is 59.7 Å². The van der Waals surface area contributed by atoms with E-state index in [1.54, 1.807) is 14.2 Å². The highest BCUT2D eigenvalue weighted by atomic mass is 16.5. The molecule has 0 saturated carbocycles. The summed E-state index contributed by atoms with van der Waals surface area (Å²) in [7, 11) is 4.55. The zero-order chi connectivity index (χ0) is 18.1. The summed E-state index contributed by atoms with van der Waals surface area (Å²) >= 11 is 0. The Morgan fingerprint density at radius 3 is 2.36 bits per heavy atom. The first-order chi connectivity index (χ1) is 12.2. The molecule has 0 aromatic heterocycles. The van der Waals surface area contributed by atoms with Crippen LogP contribution in [0.4, 0.5) is 0 Å². The summed E-state index contributed by atoms with van der Waals surface area (Å²) < 4.78 is 15.3. The molecule has 0 fully saturated rings. The van der Waals surface area contributed by atoms with E-state index in [0.29, 0.717) is 30.0 Å². The van der Waals surface area contributed by atoms with Crippen LogP contribution in [0.15, 0.2) is 53.5 Å². The van der Waals surface area contributed by atoms with E-state index in [9.17, 15) is 4.79 Å². The molecule has 0 bridgehead atoms. The lowest BCUT2D eigenvalue weighted by molar-refractivity contribution is -0.133. The van der Waals surface area contributed by atoms with Gasteiger partial charge in [0, 0.05) is 0 Å². The van der Waals surface area contributed by atoms with Crippen LogP contribution >= 0.6 is 0 Å². The van der Waals surface area contributed by atoms with Gasteiger partial charge in [0.05, 0.1) is 27.9 Å². The maximum Gasteiger partial charge on any atom is 0.347 e. The molecule has 2 rings (SSSR count). The summed E-state index contributed by atoms with van der Waals surface area (Å²) in [6.45, 7) is 0.489. The number of hydrogen-bond donors (Lipinski definition) is 0. The quantitative estimate of drug-likeness (QED) is 0.442. The van der Waals surface area contributed by atoms with Gasteiger partial charge < -0.3 is 14.2 Å². The van der Waals surface area contributed by atoms with Gasteiger partial charge in [-0.15, -0.1) is 0 Å². The molecule has 0 N–H and O–H groups in total. The highest BCUT2D eigenvalue weighted by Crippen LogP contribution is 2.27. The maximum absolute atomic E-state index is 11.9. The Morgan fingerprint density at radius 2 is 1.72 bits per heavy atom. The van der Waals surface area contributed by atoms with Crippen LogP contribution in [-0.4, -0.2) is 39.7 Å². The molecule has 0 spiro atoms. The second-order valence-electron chi connectivity index (χ2n) is 5.17. The topological polar surface area (TPSA) is 57.1 Å². The zero-order valence-electron chi connectivity index (χ0n) is 14.6. The molecule has 0 aliphatic rings. The molecule has 0 heterocycles. The SMILES string of the molecule is COC(=O)C(=C=NCCc1ccc(OC)c(OC)c1)c1ccccc1. The second kappa shape index (κ2) is 9.30. The molecule has 0 radical (unpaired) electrons. The second-order valence-corrected chi connectivity index (χ2v) is 5.17. The van der Waals surface area contributed by atoms with Crippen LogP contribution in [0.1, 0.15) is 11.1 Å². The number of esters is 1. The van der Waals surface area contributed by atoms with Crippen molar-refractivity contribution >= 4 is 17.4 Å². The first-order valence-corrected chi connectivity index (χ1v) is 7.83. The molecule has 0 aliphatic carbocycles. The molecule has 0 aliphatic heterocycles. The molecule has 2 aromatic rings. The van der Waals surface area contributed by atoms with Crippen molar-refractivity contribution in [1.29, 1.82) is 0 Å². The molecule has 0 amide bonds. The van der Waals surface area contributed by atoms with Crippen molar-refractivity contribution < 1.29 is 19.0 Å². The van der Waals surface area contributed by atoms with Crippen molar-refractivity contribution in [3.63, 3.8) is 0 Å². The lowest BCUT2D eigenvalue weighted by Crippen LogP contribution is -2.04. The van der Waals surface area contributed by atoms with E-state index in [0.717, 1.165) is 11.1 Å². The largest absolute Gasteiger partial charge is 0.493 e. The number of ether oxygens (including phenoxy) is 3. The van der Waals surface area contributed by atoms with E-state index in [4.69, 9.17) is 14.2 Å². The smallest absolute Gasteiger partial charge is 0.347 e.